The molecule has 0 aromatic heterocycles. The molecule has 2 aromatic carbocycles. The summed E-state index contributed by atoms with van der Waals surface area (Å²) in [5.41, 5.74) is 0.828. The maximum atomic E-state index is 14.0. The standard InChI is InChI=1S/C19H17F2NO3/c20-14-5-6-15(16(21)10-14)19(7-8-19)11-22-17(23)9-12-1-3-13(4-2-12)18(24)25/h1-6,10H,7-9,11H2,(H,22,23)(H,24,25). The van der Waals surface area contributed by atoms with E-state index in [1.165, 1.54) is 24.3 Å². The number of carboxylic acids is 1. The van der Waals surface area contributed by atoms with Crippen LogP contribution in [0, 0.1) is 11.6 Å². The Morgan fingerprint density at radius 3 is 2.32 bits per heavy atom. The highest BCUT2D eigenvalue weighted by Gasteiger charge is 2.46. The predicted molar refractivity (Wildman–Crippen MR) is 87.4 cm³/mol. The fourth-order valence-corrected chi connectivity index (χ4v) is 2.89. The molecule has 0 heterocycles. The van der Waals surface area contributed by atoms with Crippen molar-refractivity contribution in [2.75, 3.05) is 6.54 Å². The van der Waals surface area contributed by atoms with Crippen LogP contribution in [0.3, 0.4) is 0 Å². The van der Waals surface area contributed by atoms with Crippen LogP contribution < -0.4 is 5.32 Å². The van der Waals surface area contributed by atoms with Gasteiger partial charge in [-0.2, -0.15) is 0 Å². The molecule has 0 spiro atoms. The number of carbonyl (C=O) groups is 2. The number of amides is 1. The second kappa shape index (κ2) is 6.63. The van der Waals surface area contributed by atoms with Gasteiger partial charge in [0.05, 0.1) is 12.0 Å². The molecule has 0 bridgehead atoms. The number of carboxylic acid groups (broad SMARTS) is 1. The Labute approximate surface area is 143 Å². The number of halogens is 2. The van der Waals surface area contributed by atoms with Crippen LogP contribution in [0.1, 0.15) is 34.3 Å². The number of carbonyl (C=O) groups excluding carboxylic acids is 1. The van der Waals surface area contributed by atoms with E-state index < -0.39 is 23.0 Å². The molecule has 0 atom stereocenters. The molecule has 4 nitrogen and oxygen atoms in total. The van der Waals surface area contributed by atoms with Crippen molar-refractivity contribution in [3.63, 3.8) is 0 Å². The summed E-state index contributed by atoms with van der Waals surface area (Å²) >= 11 is 0. The van der Waals surface area contributed by atoms with Gasteiger partial charge in [-0.3, -0.25) is 4.79 Å². The van der Waals surface area contributed by atoms with Gasteiger partial charge in [0.1, 0.15) is 11.6 Å². The molecule has 0 saturated heterocycles. The van der Waals surface area contributed by atoms with E-state index in [4.69, 9.17) is 5.11 Å². The molecule has 130 valence electrons. The van der Waals surface area contributed by atoms with E-state index in [0.29, 0.717) is 17.7 Å². The number of aromatic carboxylic acids is 1. The van der Waals surface area contributed by atoms with Gasteiger partial charge in [-0.1, -0.05) is 18.2 Å². The van der Waals surface area contributed by atoms with Crippen LogP contribution >= 0.6 is 0 Å². The largest absolute Gasteiger partial charge is 0.478 e. The number of hydrogen-bond donors (Lipinski definition) is 2. The van der Waals surface area contributed by atoms with Crippen LogP contribution in [0.5, 0.6) is 0 Å². The van der Waals surface area contributed by atoms with E-state index in [0.717, 1.165) is 18.9 Å². The van der Waals surface area contributed by atoms with E-state index in [2.05, 4.69) is 5.32 Å². The molecule has 0 radical (unpaired) electrons. The first-order valence-corrected chi connectivity index (χ1v) is 7.94. The van der Waals surface area contributed by atoms with Gasteiger partial charge in [0.25, 0.3) is 0 Å². The lowest BCUT2D eigenvalue weighted by atomic mass is 9.95. The average molecular weight is 345 g/mol. The molecule has 1 saturated carbocycles. The zero-order valence-electron chi connectivity index (χ0n) is 13.4. The average Bonchev–Trinajstić information content (AvgIpc) is 3.34. The van der Waals surface area contributed by atoms with Crippen molar-refractivity contribution in [3.05, 3.63) is 70.8 Å². The molecular formula is C19H17F2NO3. The van der Waals surface area contributed by atoms with Crippen LogP contribution in [0.25, 0.3) is 0 Å². The van der Waals surface area contributed by atoms with Crippen LogP contribution in [-0.2, 0) is 16.6 Å². The lowest BCUT2D eigenvalue weighted by Crippen LogP contribution is -2.33. The van der Waals surface area contributed by atoms with Crippen LogP contribution in [0.15, 0.2) is 42.5 Å². The molecule has 25 heavy (non-hydrogen) atoms. The van der Waals surface area contributed by atoms with Crippen LogP contribution in [0.2, 0.25) is 0 Å². The van der Waals surface area contributed by atoms with E-state index in [1.807, 2.05) is 0 Å². The zero-order valence-corrected chi connectivity index (χ0v) is 13.4. The Morgan fingerprint density at radius 2 is 1.76 bits per heavy atom. The molecule has 1 aliphatic carbocycles. The normalized spacial score (nSPS) is 14.8. The SMILES string of the molecule is O=C(Cc1ccc(C(=O)O)cc1)NCC1(c2ccc(F)cc2F)CC1. The van der Waals surface area contributed by atoms with Crippen molar-refractivity contribution in [1.29, 1.82) is 0 Å². The molecule has 0 aliphatic heterocycles. The Bertz CT molecular complexity index is 814. The molecule has 3 rings (SSSR count). The van der Waals surface area contributed by atoms with Crippen LogP contribution in [0.4, 0.5) is 8.78 Å². The van der Waals surface area contributed by atoms with Crippen molar-refractivity contribution in [2.24, 2.45) is 0 Å². The van der Waals surface area contributed by atoms with Crippen molar-refractivity contribution in [3.8, 4) is 0 Å². The van der Waals surface area contributed by atoms with Gasteiger partial charge in [0.15, 0.2) is 0 Å². The minimum absolute atomic E-state index is 0.113. The third kappa shape index (κ3) is 3.84. The Morgan fingerprint density at radius 1 is 1.08 bits per heavy atom. The summed E-state index contributed by atoms with van der Waals surface area (Å²) in [6.07, 6.45) is 1.59. The third-order valence-electron chi connectivity index (χ3n) is 4.55. The highest BCUT2D eigenvalue weighted by Crippen LogP contribution is 2.48. The van der Waals surface area contributed by atoms with E-state index in [1.54, 1.807) is 12.1 Å². The van der Waals surface area contributed by atoms with Crippen molar-refractivity contribution in [1.82, 2.24) is 5.32 Å². The molecule has 2 aromatic rings. The van der Waals surface area contributed by atoms with E-state index in [-0.39, 0.29) is 17.9 Å². The van der Waals surface area contributed by atoms with Gasteiger partial charge in [-0.05, 0) is 42.2 Å². The van der Waals surface area contributed by atoms with E-state index in [9.17, 15) is 18.4 Å². The summed E-state index contributed by atoms with van der Waals surface area (Å²) < 4.78 is 27.0. The topological polar surface area (TPSA) is 66.4 Å². The van der Waals surface area contributed by atoms with Crippen molar-refractivity contribution in [2.45, 2.75) is 24.7 Å². The maximum Gasteiger partial charge on any atom is 0.335 e. The van der Waals surface area contributed by atoms with Crippen molar-refractivity contribution < 1.29 is 23.5 Å². The summed E-state index contributed by atoms with van der Waals surface area (Å²) in [6.45, 7) is 0.293. The highest BCUT2D eigenvalue weighted by molar-refractivity contribution is 5.87. The fourth-order valence-electron chi connectivity index (χ4n) is 2.89. The fraction of sp³-hybridized carbons (Fsp3) is 0.263. The molecule has 1 amide bonds. The monoisotopic (exact) mass is 345 g/mol. The molecule has 6 heteroatoms. The van der Waals surface area contributed by atoms with Gasteiger partial charge < -0.3 is 10.4 Å². The van der Waals surface area contributed by atoms with Crippen LogP contribution in [-0.4, -0.2) is 23.5 Å². The summed E-state index contributed by atoms with van der Waals surface area (Å²) in [7, 11) is 0. The summed E-state index contributed by atoms with van der Waals surface area (Å²) in [5, 5.41) is 11.6. The first-order valence-electron chi connectivity index (χ1n) is 7.94. The minimum atomic E-state index is -1.02. The predicted octanol–water partition coefficient (Wildman–Crippen LogP) is 3.05. The lowest BCUT2D eigenvalue weighted by Gasteiger charge is -2.17. The van der Waals surface area contributed by atoms with E-state index >= 15 is 0 Å². The maximum absolute atomic E-state index is 14.0. The molecule has 0 unspecified atom stereocenters. The Hall–Kier alpha value is -2.76. The van der Waals surface area contributed by atoms with Gasteiger partial charge in [-0.25, -0.2) is 13.6 Å². The Balaban J connectivity index is 1.59. The Kier molecular flexibility index (Phi) is 4.53. The quantitative estimate of drug-likeness (QED) is 0.846. The van der Waals surface area contributed by atoms with Gasteiger partial charge in [-0.15, -0.1) is 0 Å². The zero-order chi connectivity index (χ0) is 18.0. The number of hydrogen-bond acceptors (Lipinski definition) is 2. The summed E-state index contributed by atoms with van der Waals surface area (Å²) in [6, 6.07) is 9.60. The lowest BCUT2D eigenvalue weighted by molar-refractivity contribution is -0.120. The van der Waals surface area contributed by atoms with Gasteiger partial charge in [0.2, 0.25) is 5.91 Å². The summed E-state index contributed by atoms with van der Waals surface area (Å²) in [5.74, 6) is -2.45. The second-order valence-electron chi connectivity index (χ2n) is 6.36. The minimum Gasteiger partial charge on any atom is -0.478 e. The van der Waals surface area contributed by atoms with Gasteiger partial charge >= 0.3 is 5.97 Å². The highest BCUT2D eigenvalue weighted by atomic mass is 19.1. The molecule has 1 fully saturated rings. The smallest absolute Gasteiger partial charge is 0.335 e. The number of rotatable bonds is 6. The summed E-state index contributed by atoms with van der Waals surface area (Å²) in [4.78, 5) is 22.9. The first-order chi connectivity index (χ1) is 11.9. The van der Waals surface area contributed by atoms with Gasteiger partial charge in [0, 0.05) is 18.0 Å². The van der Waals surface area contributed by atoms with Crippen molar-refractivity contribution >= 4 is 11.9 Å². The third-order valence-corrected chi connectivity index (χ3v) is 4.55. The second-order valence-corrected chi connectivity index (χ2v) is 6.36. The number of benzene rings is 2. The number of nitrogens with one attached hydrogen (secondary N) is 1. The molecule has 1 aliphatic rings. The molecular weight excluding hydrogens is 328 g/mol. The molecule has 2 N–H and O–H groups in total. The first kappa shape index (κ1) is 17.1.